The van der Waals surface area contributed by atoms with Gasteiger partial charge in [-0.15, -0.1) is 0 Å². The summed E-state index contributed by atoms with van der Waals surface area (Å²) in [5.41, 5.74) is 1.78. The molecule has 1 aliphatic heterocycles. The average molecular weight is 374 g/mol. The standard InChI is InChI=1S/C19H22N2O4S/c1-25-16-5-4-12-21(13-16)19(22)15-10-8-14(9-11-15)17-6-2-3-7-18(17)26(20,23)24/h2-3,6-11,16H,4-5,12-13H2,1H3,(H2,20,23,24). The van der Waals surface area contributed by atoms with Crippen molar-refractivity contribution in [3.05, 3.63) is 54.1 Å². The lowest BCUT2D eigenvalue weighted by molar-refractivity contribution is 0.0269. The van der Waals surface area contributed by atoms with Crippen LogP contribution in [0, 0.1) is 0 Å². The Morgan fingerprint density at radius 2 is 1.85 bits per heavy atom. The summed E-state index contributed by atoms with van der Waals surface area (Å²) in [6.45, 7) is 1.31. The number of nitrogens with two attached hydrogens (primary N) is 1. The predicted octanol–water partition coefficient (Wildman–Crippen LogP) is 2.25. The first kappa shape index (κ1) is 18.6. The van der Waals surface area contributed by atoms with Crippen LogP contribution in [-0.2, 0) is 14.8 Å². The van der Waals surface area contributed by atoms with Crippen LogP contribution in [0.3, 0.4) is 0 Å². The molecule has 2 aromatic rings. The summed E-state index contributed by atoms with van der Waals surface area (Å²) in [5.74, 6) is -0.0435. The first-order valence-electron chi connectivity index (χ1n) is 8.44. The van der Waals surface area contributed by atoms with Crippen molar-refractivity contribution in [2.45, 2.75) is 23.8 Å². The molecule has 3 rings (SSSR count). The van der Waals surface area contributed by atoms with Crippen molar-refractivity contribution in [3.8, 4) is 11.1 Å². The molecule has 138 valence electrons. The highest BCUT2D eigenvalue weighted by Gasteiger charge is 2.24. The fourth-order valence-corrected chi connectivity index (χ4v) is 4.00. The number of carbonyl (C=O) groups is 1. The maximum atomic E-state index is 12.7. The molecular weight excluding hydrogens is 352 g/mol. The second-order valence-electron chi connectivity index (χ2n) is 6.37. The van der Waals surface area contributed by atoms with E-state index in [9.17, 15) is 13.2 Å². The summed E-state index contributed by atoms with van der Waals surface area (Å²) >= 11 is 0. The number of hydrogen-bond acceptors (Lipinski definition) is 4. The van der Waals surface area contributed by atoms with Crippen molar-refractivity contribution in [2.75, 3.05) is 20.2 Å². The van der Waals surface area contributed by atoms with Crippen LogP contribution >= 0.6 is 0 Å². The van der Waals surface area contributed by atoms with E-state index in [0.29, 0.717) is 29.8 Å². The fourth-order valence-electron chi connectivity index (χ4n) is 3.24. The molecule has 2 aromatic carbocycles. The number of likely N-dealkylation sites (tertiary alicyclic amines) is 1. The minimum absolute atomic E-state index is 0.0435. The van der Waals surface area contributed by atoms with Crippen molar-refractivity contribution < 1.29 is 17.9 Å². The van der Waals surface area contributed by atoms with Crippen LogP contribution < -0.4 is 5.14 Å². The molecule has 0 saturated carbocycles. The van der Waals surface area contributed by atoms with Gasteiger partial charge in [-0.05, 0) is 36.6 Å². The number of methoxy groups -OCH3 is 1. The van der Waals surface area contributed by atoms with Crippen LogP contribution in [0.5, 0.6) is 0 Å². The summed E-state index contributed by atoms with van der Waals surface area (Å²) in [4.78, 5) is 14.6. The number of rotatable bonds is 4. The minimum atomic E-state index is -3.82. The molecule has 1 saturated heterocycles. The van der Waals surface area contributed by atoms with Gasteiger partial charge in [0.2, 0.25) is 10.0 Å². The van der Waals surface area contributed by atoms with E-state index >= 15 is 0 Å². The van der Waals surface area contributed by atoms with Crippen LogP contribution in [-0.4, -0.2) is 45.5 Å². The third-order valence-electron chi connectivity index (χ3n) is 4.64. The van der Waals surface area contributed by atoms with E-state index in [1.54, 1.807) is 54.5 Å². The molecule has 0 radical (unpaired) electrons. The number of sulfonamides is 1. The Balaban J connectivity index is 1.85. The van der Waals surface area contributed by atoms with Crippen molar-refractivity contribution >= 4 is 15.9 Å². The van der Waals surface area contributed by atoms with Gasteiger partial charge in [0.05, 0.1) is 11.0 Å². The van der Waals surface area contributed by atoms with Crippen molar-refractivity contribution in [1.29, 1.82) is 0 Å². The molecule has 0 bridgehead atoms. The molecule has 2 N–H and O–H groups in total. The number of benzene rings is 2. The molecule has 7 heteroatoms. The summed E-state index contributed by atoms with van der Waals surface area (Å²) in [6, 6.07) is 13.5. The van der Waals surface area contributed by atoms with Gasteiger partial charge in [0.15, 0.2) is 0 Å². The van der Waals surface area contributed by atoms with Crippen LogP contribution in [0.4, 0.5) is 0 Å². The zero-order valence-corrected chi connectivity index (χ0v) is 15.4. The topological polar surface area (TPSA) is 89.7 Å². The first-order valence-corrected chi connectivity index (χ1v) is 9.99. The lowest BCUT2D eigenvalue weighted by Crippen LogP contribution is -2.42. The Bertz CT molecular complexity index is 894. The quantitative estimate of drug-likeness (QED) is 0.889. The molecule has 0 aromatic heterocycles. The van der Waals surface area contributed by atoms with Gasteiger partial charge in [-0.25, -0.2) is 13.6 Å². The van der Waals surface area contributed by atoms with Gasteiger partial charge in [-0.1, -0.05) is 30.3 Å². The maximum absolute atomic E-state index is 12.7. The van der Waals surface area contributed by atoms with Gasteiger partial charge in [0, 0.05) is 31.3 Å². The molecule has 1 atom stereocenters. The van der Waals surface area contributed by atoms with E-state index in [1.807, 2.05) is 0 Å². The van der Waals surface area contributed by atoms with Gasteiger partial charge in [0.1, 0.15) is 0 Å². The number of hydrogen-bond donors (Lipinski definition) is 1. The number of carbonyl (C=O) groups excluding carboxylic acids is 1. The number of ether oxygens (including phenoxy) is 1. The van der Waals surface area contributed by atoms with Crippen LogP contribution in [0.1, 0.15) is 23.2 Å². The van der Waals surface area contributed by atoms with Gasteiger partial charge < -0.3 is 9.64 Å². The van der Waals surface area contributed by atoms with Crippen LogP contribution in [0.2, 0.25) is 0 Å². The summed E-state index contributed by atoms with van der Waals surface area (Å²) < 4.78 is 28.9. The summed E-state index contributed by atoms with van der Waals surface area (Å²) in [6.07, 6.45) is 1.96. The van der Waals surface area contributed by atoms with Crippen molar-refractivity contribution in [1.82, 2.24) is 4.90 Å². The number of nitrogens with zero attached hydrogens (tertiary/aromatic N) is 1. The molecular formula is C19H22N2O4S. The monoisotopic (exact) mass is 374 g/mol. The molecule has 0 spiro atoms. The molecule has 0 aliphatic carbocycles. The van der Waals surface area contributed by atoms with E-state index in [1.165, 1.54) is 6.07 Å². The van der Waals surface area contributed by atoms with E-state index in [4.69, 9.17) is 9.88 Å². The molecule has 1 unspecified atom stereocenters. The first-order chi connectivity index (χ1) is 12.4. The normalized spacial score (nSPS) is 17.9. The van der Waals surface area contributed by atoms with Gasteiger partial charge in [-0.2, -0.15) is 0 Å². The third kappa shape index (κ3) is 3.95. The second kappa shape index (κ2) is 7.57. The highest BCUT2D eigenvalue weighted by molar-refractivity contribution is 7.89. The van der Waals surface area contributed by atoms with Gasteiger partial charge >= 0.3 is 0 Å². The zero-order chi connectivity index (χ0) is 18.7. The van der Waals surface area contributed by atoms with Gasteiger partial charge in [0.25, 0.3) is 5.91 Å². The van der Waals surface area contributed by atoms with E-state index in [0.717, 1.165) is 12.8 Å². The Labute approximate surface area is 153 Å². The Morgan fingerprint density at radius 1 is 1.15 bits per heavy atom. The number of amides is 1. The molecule has 1 amide bonds. The molecule has 6 nitrogen and oxygen atoms in total. The second-order valence-corrected chi connectivity index (χ2v) is 7.90. The Morgan fingerprint density at radius 3 is 2.50 bits per heavy atom. The largest absolute Gasteiger partial charge is 0.380 e. The van der Waals surface area contributed by atoms with E-state index in [2.05, 4.69) is 0 Å². The van der Waals surface area contributed by atoms with E-state index in [-0.39, 0.29) is 16.9 Å². The van der Waals surface area contributed by atoms with E-state index < -0.39 is 10.0 Å². The highest BCUT2D eigenvalue weighted by Crippen LogP contribution is 2.27. The van der Waals surface area contributed by atoms with Crippen LogP contribution in [0.25, 0.3) is 11.1 Å². The predicted molar refractivity (Wildman–Crippen MR) is 99.2 cm³/mol. The van der Waals surface area contributed by atoms with Crippen molar-refractivity contribution in [3.63, 3.8) is 0 Å². The average Bonchev–Trinajstić information content (AvgIpc) is 2.67. The SMILES string of the molecule is COC1CCCN(C(=O)c2ccc(-c3ccccc3S(N)(=O)=O)cc2)C1. The molecule has 1 fully saturated rings. The maximum Gasteiger partial charge on any atom is 0.253 e. The summed E-state index contributed by atoms with van der Waals surface area (Å²) in [5, 5.41) is 5.30. The fraction of sp³-hybridized carbons (Fsp3) is 0.316. The smallest absolute Gasteiger partial charge is 0.253 e. The third-order valence-corrected chi connectivity index (χ3v) is 5.60. The lowest BCUT2D eigenvalue weighted by atomic mass is 10.0. The number of piperidine rings is 1. The van der Waals surface area contributed by atoms with Crippen molar-refractivity contribution in [2.24, 2.45) is 5.14 Å². The van der Waals surface area contributed by atoms with Gasteiger partial charge in [-0.3, -0.25) is 4.79 Å². The number of primary sulfonamides is 1. The molecule has 1 aliphatic rings. The van der Waals surface area contributed by atoms with Crippen LogP contribution in [0.15, 0.2) is 53.4 Å². The lowest BCUT2D eigenvalue weighted by Gasteiger charge is -2.32. The molecule has 1 heterocycles. The Kier molecular flexibility index (Phi) is 5.41. The zero-order valence-electron chi connectivity index (χ0n) is 14.6. The highest BCUT2D eigenvalue weighted by atomic mass is 32.2. The minimum Gasteiger partial charge on any atom is -0.380 e. The molecule has 26 heavy (non-hydrogen) atoms. The Hall–Kier alpha value is -2.22. The summed E-state index contributed by atoms with van der Waals surface area (Å²) in [7, 11) is -2.16.